The minimum atomic E-state index is -3.96. The van der Waals surface area contributed by atoms with Crippen molar-refractivity contribution in [3.8, 4) is 17.0 Å². The molecule has 1 amide bonds. The van der Waals surface area contributed by atoms with E-state index in [4.69, 9.17) is 11.6 Å². The van der Waals surface area contributed by atoms with Crippen LogP contribution in [0.1, 0.15) is 36.3 Å². The van der Waals surface area contributed by atoms with Crippen molar-refractivity contribution in [3.63, 3.8) is 0 Å². The number of phenols is 1. The van der Waals surface area contributed by atoms with Crippen LogP contribution < -0.4 is 5.32 Å². The van der Waals surface area contributed by atoms with Gasteiger partial charge in [-0.15, -0.1) is 0 Å². The third kappa shape index (κ3) is 6.67. The van der Waals surface area contributed by atoms with Crippen molar-refractivity contribution in [1.82, 2.24) is 9.78 Å². The fourth-order valence-electron chi connectivity index (χ4n) is 2.73. The monoisotopic (exact) mass is 505 g/mol. The molecule has 0 aliphatic carbocycles. The zero-order chi connectivity index (χ0) is 25.6. The molecule has 12 heteroatoms. The topological polar surface area (TPSA) is 87.4 Å². The standard InChI is InChI=1S/C19H16ClF2N3O3.C3H5F3/c1-2-25-10(9-26)6-16(24-25)11-8-17(27)12(7-15(11)22)19(28)23-18-13(20)4-3-5-14(18)21;1-2-3(4,5)6/h3-8,26-27H,2,9H2,1H3,(H,23,28);2H2,1H3. The first-order valence-corrected chi connectivity index (χ1v) is 10.3. The van der Waals surface area contributed by atoms with Crippen LogP contribution in [0.3, 0.4) is 0 Å². The Morgan fingerprint density at radius 2 is 1.79 bits per heavy atom. The number of aromatic hydroxyl groups is 1. The van der Waals surface area contributed by atoms with Crippen molar-refractivity contribution in [2.45, 2.75) is 39.6 Å². The van der Waals surface area contributed by atoms with E-state index in [0.29, 0.717) is 12.2 Å². The number of para-hydroxylation sites is 1. The SMILES string of the molecule is CCC(F)(F)F.CCn1nc(-c2cc(O)c(C(=O)Nc3c(F)cccc3Cl)cc2F)cc1CO. The second-order valence-corrected chi connectivity index (χ2v) is 7.27. The Balaban J connectivity index is 0.000000604. The molecule has 0 radical (unpaired) electrons. The summed E-state index contributed by atoms with van der Waals surface area (Å²) in [5, 5.41) is 25.9. The van der Waals surface area contributed by atoms with Gasteiger partial charge in [0.25, 0.3) is 5.91 Å². The number of anilines is 1. The van der Waals surface area contributed by atoms with Gasteiger partial charge in [0.15, 0.2) is 0 Å². The molecule has 0 atom stereocenters. The number of carbonyl (C=O) groups is 1. The van der Waals surface area contributed by atoms with Crippen molar-refractivity contribution >= 4 is 23.2 Å². The Labute approximate surface area is 196 Å². The molecule has 3 aromatic rings. The van der Waals surface area contributed by atoms with E-state index in [-0.39, 0.29) is 28.6 Å². The number of alkyl halides is 3. The van der Waals surface area contributed by atoms with Crippen molar-refractivity contribution in [2.24, 2.45) is 0 Å². The lowest BCUT2D eigenvalue weighted by atomic mass is 10.1. The first kappa shape index (κ1) is 27.1. The van der Waals surface area contributed by atoms with E-state index in [0.717, 1.165) is 25.1 Å². The molecule has 34 heavy (non-hydrogen) atoms. The van der Waals surface area contributed by atoms with Gasteiger partial charge in [0.2, 0.25) is 0 Å². The normalized spacial score (nSPS) is 11.1. The molecule has 0 aliphatic heterocycles. The number of hydrogen-bond acceptors (Lipinski definition) is 4. The first-order valence-electron chi connectivity index (χ1n) is 9.94. The summed E-state index contributed by atoms with van der Waals surface area (Å²) in [7, 11) is 0. The molecule has 3 rings (SSSR count). The van der Waals surface area contributed by atoms with Gasteiger partial charge in [-0.25, -0.2) is 8.78 Å². The van der Waals surface area contributed by atoms with Crippen LogP contribution in [0.4, 0.5) is 27.6 Å². The molecular formula is C22H21ClF5N3O3. The van der Waals surface area contributed by atoms with Gasteiger partial charge in [-0.1, -0.05) is 24.6 Å². The van der Waals surface area contributed by atoms with Gasteiger partial charge in [-0.05, 0) is 37.3 Å². The Morgan fingerprint density at radius 3 is 2.29 bits per heavy atom. The molecule has 0 fully saturated rings. The summed E-state index contributed by atoms with van der Waals surface area (Å²) < 4.78 is 62.3. The number of nitrogens with zero attached hydrogens (tertiary/aromatic N) is 2. The quantitative estimate of drug-likeness (QED) is 0.376. The number of hydrogen-bond donors (Lipinski definition) is 3. The number of nitrogens with one attached hydrogen (secondary N) is 1. The van der Waals surface area contributed by atoms with Crippen LogP contribution in [-0.4, -0.2) is 32.1 Å². The molecule has 0 unspecified atom stereocenters. The predicted molar refractivity (Wildman–Crippen MR) is 117 cm³/mol. The van der Waals surface area contributed by atoms with Gasteiger partial charge < -0.3 is 15.5 Å². The first-order chi connectivity index (χ1) is 15.9. The Bertz CT molecular complexity index is 1120. The number of carbonyl (C=O) groups excluding carboxylic acids is 1. The molecular weight excluding hydrogens is 485 g/mol. The van der Waals surface area contributed by atoms with E-state index in [2.05, 4.69) is 10.4 Å². The summed E-state index contributed by atoms with van der Waals surface area (Å²) >= 11 is 5.86. The van der Waals surface area contributed by atoms with Crippen molar-refractivity contribution in [1.29, 1.82) is 0 Å². The lowest BCUT2D eigenvalue weighted by molar-refractivity contribution is -0.130. The van der Waals surface area contributed by atoms with Crippen LogP contribution in [0.15, 0.2) is 36.4 Å². The van der Waals surface area contributed by atoms with E-state index in [1.165, 1.54) is 22.9 Å². The number of benzene rings is 2. The lowest BCUT2D eigenvalue weighted by Crippen LogP contribution is -2.14. The number of aliphatic hydroxyl groups excluding tert-OH is 1. The number of aryl methyl sites for hydroxylation is 1. The number of aliphatic hydroxyl groups is 1. The second kappa shape index (κ2) is 11.3. The Morgan fingerprint density at radius 1 is 1.15 bits per heavy atom. The van der Waals surface area contributed by atoms with E-state index in [1.54, 1.807) is 0 Å². The van der Waals surface area contributed by atoms with Crippen LogP contribution in [0.25, 0.3) is 11.3 Å². The maximum absolute atomic E-state index is 14.6. The summed E-state index contributed by atoms with van der Waals surface area (Å²) in [6.07, 6.45) is -4.69. The van der Waals surface area contributed by atoms with Crippen molar-refractivity contribution in [2.75, 3.05) is 5.32 Å². The summed E-state index contributed by atoms with van der Waals surface area (Å²) in [6.45, 7) is 3.08. The molecule has 0 saturated carbocycles. The van der Waals surface area contributed by atoms with Crippen LogP contribution in [0.2, 0.25) is 5.02 Å². The summed E-state index contributed by atoms with van der Waals surface area (Å²) in [6, 6.07) is 7.23. The number of phenolic OH excluding ortho intramolecular Hbond substituents is 1. The molecule has 0 bridgehead atoms. The molecule has 184 valence electrons. The highest BCUT2D eigenvalue weighted by Gasteiger charge is 2.23. The molecule has 1 heterocycles. The molecule has 0 spiro atoms. The maximum Gasteiger partial charge on any atom is 0.388 e. The average Bonchev–Trinajstić information content (AvgIpc) is 3.20. The number of aromatic nitrogens is 2. The third-order valence-electron chi connectivity index (χ3n) is 4.53. The number of halogens is 6. The molecule has 0 saturated heterocycles. The van der Waals surface area contributed by atoms with E-state index in [1.807, 2.05) is 6.92 Å². The molecule has 2 aromatic carbocycles. The molecule has 6 nitrogen and oxygen atoms in total. The lowest BCUT2D eigenvalue weighted by Gasteiger charge is -2.11. The Hall–Kier alpha value is -3.18. The van der Waals surface area contributed by atoms with Crippen LogP contribution in [-0.2, 0) is 13.2 Å². The number of rotatable bonds is 5. The third-order valence-corrected chi connectivity index (χ3v) is 4.85. The summed E-state index contributed by atoms with van der Waals surface area (Å²) in [5.74, 6) is -3.02. The van der Waals surface area contributed by atoms with Crippen LogP contribution in [0.5, 0.6) is 5.75 Å². The second-order valence-electron chi connectivity index (χ2n) is 6.86. The van der Waals surface area contributed by atoms with E-state index in [9.17, 15) is 37.0 Å². The zero-order valence-electron chi connectivity index (χ0n) is 18.1. The maximum atomic E-state index is 14.6. The minimum absolute atomic E-state index is 0.0356. The van der Waals surface area contributed by atoms with Gasteiger partial charge in [0, 0.05) is 18.5 Å². The van der Waals surface area contributed by atoms with Gasteiger partial charge >= 0.3 is 6.18 Å². The highest BCUT2D eigenvalue weighted by molar-refractivity contribution is 6.34. The zero-order valence-corrected chi connectivity index (χ0v) is 18.8. The van der Waals surface area contributed by atoms with Gasteiger partial charge in [-0.2, -0.15) is 18.3 Å². The molecule has 3 N–H and O–H groups in total. The van der Waals surface area contributed by atoms with Crippen LogP contribution in [0, 0.1) is 11.6 Å². The van der Waals surface area contributed by atoms with Gasteiger partial charge in [0.05, 0.1) is 34.3 Å². The van der Waals surface area contributed by atoms with Crippen molar-refractivity contribution in [3.05, 3.63) is 64.3 Å². The molecule has 0 aliphatic rings. The van der Waals surface area contributed by atoms with Gasteiger partial charge in [-0.3, -0.25) is 9.48 Å². The average molecular weight is 506 g/mol. The fraction of sp³-hybridized carbons (Fsp3) is 0.273. The van der Waals surface area contributed by atoms with E-state index >= 15 is 0 Å². The van der Waals surface area contributed by atoms with Crippen molar-refractivity contribution < 1.29 is 37.0 Å². The fourth-order valence-corrected chi connectivity index (χ4v) is 2.94. The highest BCUT2D eigenvalue weighted by Crippen LogP contribution is 2.31. The summed E-state index contributed by atoms with van der Waals surface area (Å²) in [4.78, 5) is 12.4. The molecule has 1 aromatic heterocycles. The minimum Gasteiger partial charge on any atom is -0.507 e. The Kier molecular flexibility index (Phi) is 9.00. The van der Waals surface area contributed by atoms with Crippen LogP contribution >= 0.6 is 11.6 Å². The summed E-state index contributed by atoms with van der Waals surface area (Å²) in [5.41, 5.74) is -0.0275. The predicted octanol–water partition coefficient (Wildman–Crippen LogP) is 5.91. The van der Waals surface area contributed by atoms with Gasteiger partial charge in [0.1, 0.15) is 17.4 Å². The number of amides is 1. The highest BCUT2D eigenvalue weighted by atomic mass is 35.5. The largest absolute Gasteiger partial charge is 0.507 e. The van der Waals surface area contributed by atoms with E-state index < -0.39 is 41.5 Å². The smallest absolute Gasteiger partial charge is 0.388 e.